The van der Waals surface area contributed by atoms with E-state index < -0.39 is 0 Å². The van der Waals surface area contributed by atoms with E-state index in [2.05, 4.69) is 43.8 Å². The van der Waals surface area contributed by atoms with Crippen molar-refractivity contribution in [1.82, 2.24) is 14.8 Å². The first-order valence-electron chi connectivity index (χ1n) is 5.92. The van der Waals surface area contributed by atoms with Crippen molar-refractivity contribution in [2.24, 2.45) is 5.73 Å². The maximum atomic E-state index is 5.84. The van der Waals surface area contributed by atoms with Crippen molar-refractivity contribution in [3.05, 3.63) is 28.5 Å². The van der Waals surface area contributed by atoms with E-state index in [4.69, 9.17) is 5.73 Å². The summed E-state index contributed by atoms with van der Waals surface area (Å²) in [5, 5.41) is 0. The summed E-state index contributed by atoms with van der Waals surface area (Å²) in [6.45, 7) is 4.82. The van der Waals surface area contributed by atoms with Crippen LogP contribution in [0.5, 0.6) is 0 Å². The Hall–Kier alpha value is -0.490. The van der Waals surface area contributed by atoms with Gasteiger partial charge in [0, 0.05) is 49.4 Å². The van der Waals surface area contributed by atoms with E-state index in [9.17, 15) is 0 Å². The lowest BCUT2D eigenvalue weighted by Gasteiger charge is -2.39. The molecule has 0 amide bonds. The molecular weight excluding hydrogens is 280 g/mol. The Balaban J connectivity index is 1.99. The standard InChI is InChI=1S/C12H19BrN4/c1-16-4-5-17(12(6-14)9-16)8-11-3-2-10(13)7-15-11/h2-3,7,12H,4-6,8-9,14H2,1H3. The average molecular weight is 299 g/mol. The summed E-state index contributed by atoms with van der Waals surface area (Å²) in [6, 6.07) is 4.55. The van der Waals surface area contributed by atoms with Crippen LogP contribution in [0.2, 0.25) is 0 Å². The Labute approximate surface area is 111 Å². The number of piperazine rings is 1. The molecule has 1 aliphatic heterocycles. The first-order chi connectivity index (χ1) is 8.19. The van der Waals surface area contributed by atoms with Crippen LogP contribution in [0.3, 0.4) is 0 Å². The largest absolute Gasteiger partial charge is 0.329 e. The number of likely N-dealkylation sites (N-methyl/N-ethyl adjacent to an activating group) is 1. The molecule has 1 saturated heterocycles. The Morgan fingerprint density at radius 2 is 2.29 bits per heavy atom. The summed E-state index contributed by atoms with van der Waals surface area (Å²) in [6.07, 6.45) is 1.85. The summed E-state index contributed by atoms with van der Waals surface area (Å²) in [5.74, 6) is 0. The number of nitrogens with zero attached hydrogens (tertiary/aromatic N) is 3. The van der Waals surface area contributed by atoms with Crippen molar-refractivity contribution >= 4 is 15.9 Å². The summed E-state index contributed by atoms with van der Waals surface area (Å²) in [4.78, 5) is 9.18. The zero-order chi connectivity index (χ0) is 12.3. The second-order valence-electron chi connectivity index (χ2n) is 4.59. The fourth-order valence-corrected chi connectivity index (χ4v) is 2.42. The second kappa shape index (κ2) is 5.91. The smallest absolute Gasteiger partial charge is 0.0544 e. The highest BCUT2D eigenvalue weighted by Crippen LogP contribution is 2.13. The van der Waals surface area contributed by atoms with Gasteiger partial charge in [-0.05, 0) is 35.1 Å². The Morgan fingerprint density at radius 1 is 1.47 bits per heavy atom. The Kier molecular flexibility index (Phi) is 4.50. The molecule has 1 atom stereocenters. The average Bonchev–Trinajstić information content (AvgIpc) is 2.34. The third kappa shape index (κ3) is 3.48. The SMILES string of the molecule is CN1CCN(Cc2ccc(Br)cn2)C(CN)C1. The highest BCUT2D eigenvalue weighted by Gasteiger charge is 2.24. The van der Waals surface area contributed by atoms with Crippen molar-refractivity contribution in [2.45, 2.75) is 12.6 Å². The van der Waals surface area contributed by atoms with Crippen LogP contribution >= 0.6 is 15.9 Å². The molecule has 94 valence electrons. The normalized spacial score (nSPS) is 22.9. The summed E-state index contributed by atoms with van der Waals surface area (Å²) >= 11 is 3.40. The molecule has 1 fully saturated rings. The van der Waals surface area contributed by atoms with Gasteiger partial charge in [0.2, 0.25) is 0 Å². The van der Waals surface area contributed by atoms with E-state index in [1.807, 2.05) is 12.3 Å². The van der Waals surface area contributed by atoms with E-state index in [0.717, 1.165) is 36.3 Å². The molecule has 0 bridgehead atoms. The van der Waals surface area contributed by atoms with Crippen molar-refractivity contribution < 1.29 is 0 Å². The fraction of sp³-hybridized carbons (Fsp3) is 0.583. The molecule has 0 aromatic carbocycles. The second-order valence-corrected chi connectivity index (χ2v) is 5.51. The maximum Gasteiger partial charge on any atom is 0.0544 e. The first-order valence-corrected chi connectivity index (χ1v) is 6.71. The maximum absolute atomic E-state index is 5.84. The van der Waals surface area contributed by atoms with E-state index in [0.29, 0.717) is 12.6 Å². The van der Waals surface area contributed by atoms with Gasteiger partial charge in [-0.15, -0.1) is 0 Å². The van der Waals surface area contributed by atoms with Crippen molar-refractivity contribution in [1.29, 1.82) is 0 Å². The molecular formula is C12H19BrN4. The number of hydrogen-bond acceptors (Lipinski definition) is 4. The minimum atomic E-state index is 0.444. The lowest BCUT2D eigenvalue weighted by Crippen LogP contribution is -2.54. The minimum absolute atomic E-state index is 0.444. The highest BCUT2D eigenvalue weighted by atomic mass is 79.9. The van der Waals surface area contributed by atoms with Gasteiger partial charge in [0.15, 0.2) is 0 Å². The van der Waals surface area contributed by atoms with Crippen molar-refractivity contribution in [3.8, 4) is 0 Å². The minimum Gasteiger partial charge on any atom is -0.329 e. The monoisotopic (exact) mass is 298 g/mol. The zero-order valence-corrected chi connectivity index (χ0v) is 11.7. The van der Waals surface area contributed by atoms with Gasteiger partial charge in [-0.2, -0.15) is 0 Å². The quantitative estimate of drug-likeness (QED) is 0.901. The van der Waals surface area contributed by atoms with Crippen LogP contribution in [0.4, 0.5) is 0 Å². The topological polar surface area (TPSA) is 45.4 Å². The van der Waals surface area contributed by atoms with E-state index >= 15 is 0 Å². The predicted octanol–water partition coefficient (Wildman–Crippen LogP) is 0.919. The van der Waals surface area contributed by atoms with Gasteiger partial charge in [-0.3, -0.25) is 9.88 Å². The molecule has 2 rings (SSSR count). The third-order valence-corrected chi connectivity index (χ3v) is 3.70. The molecule has 0 radical (unpaired) electrons. The molecule has 0 aliphatic carbocycles. The van der Waals surface area contributed by atoms with Crippen LogP contribution in [0.1, 0.15) is 5.69 Å². The summed E-state index contributed by atoms with van der Waals surface area (Å²) in [5.41, 5.74) is 6.94. The molecule has 2 heterocycles. The number of halogens is 1. The predicted molar refractivity (Wildman–Crippen MR) is 72.7 cm³/mol. The van der Waals surface area contributed by atoms with E-state index in [1.54, 1.807) is 0 Å². The van der Waals surface area contributed by atoms with Crippen LogP contribution in [0, 0.1) is 0 Å². The number of rotatable bonds is 3. The van der Waals surface area contributed by atoms with Crippen molar-refractivity contribution in [3.63, 3.8) is 0 Å². The fourth-order valence-electron chi connectivity index (χ4n) is 2.19. The number of hydrogen-bond donors (Lipinski definition) is 1. The van der Waals surface area contributed by atoms with Crippen molar-refractivity contribution in [2.75, 3.05) is 33.2 Å². The van der Waals surface area contributed by atoms with Gasteiger partial charge in [0.25, 0.3) is 0 Å². The van der Waals surface area contributed by atoms with Crippen LogP contribution in [0.15, 0.2) is 22.8 Å². The molecule has 5 heteroatoms. The molecule has 1 aromatic rings. The number of nitrogens with two attached hydrogens (primary N) is 1. The van der Waals surface area contributed by atoms with E-state index in [1.165, 1.54) is 0 Å². The Morgan fingerprint density at radius 3 is 2.94 bits per heavy atom. The van der Waals surface area contributed by atoms with Crippen LogP contribution in [-0.2, 0) is 6.54 Å². The molecule has 0 saturated carbocycles. The van der Waals surface area contributed by atoms with Crippen LogP contribution < -0.4 is 5.73 Å². The molecule has 4 nitrogen and oxygen atoms in total. The van der Waals surface area contributed by atoms with Gasteiger partial charge in [0.05, 0.1) is 5.69 Å². The molecule has 1 aromatic heterocycles. The molecule has 0 spiro atoms. The van der Waals surface area contributed by atoms with Gasteiger partial charge in [0.1, 0.15) is 0 Å². The summed E-state index contributed by atoms with van der Waals surface area (Å²) in [7, 11) is 2.15. The van der Waals surface area contributed by atoms with Gasteiger partial charge in [-0.25, -0.2) is 0 Å². The van der Waals surface area contributed by atoms with Crippen LogP contribution in [-0.4, -0.2) is 54.1 Å². The lowest BCUT2D eigenvalue weighted by molar-refractivity contribution is 0.0870. The molecule has 1 aliphatic rings. The van der Waals surface area contributed by atoms with Gasteiger partial charge in [-0.1, -0.05) is 0 Å². The molecule has 2 N–H and O–H groups in total. The van der Waals surface area contributed by atoms with E-state index in [-0.39, 0.29) is 0 Å². The highest BCUT2D eigenvalue weighted by molar-refractivity contribution is 9.10. The number of pyridine rings is 1. The van der Waals surface area contributed by atoms with Crippen LogP contribution in [0.25, 0.3) is 0 Å². The third-order valence-electron chi connectivity index (χ3n) is 3.23. The number of aromatic nitrogens is 1. The molecule has 17 heavy (non-hydrogen) atoms. The van der Waals surface area contributed by atoms with Gasteiger partial charge < -0.3 is 10.6 Å². The van der Waals surface area contributed by atoms with Gasteiger partial charge >= 0.3 is 0 Å². The Bertz CT molecular complexity index is 354. The first kappa shape index (κ1) is 13.0. The molecule has 1 unspecified atom stereocenters. The summed E-state index contributed by atoms with van der Waals surface area (Å²) < 4.78 is 1.02. The lowest BCUT2D eigenvalue weighted by atomic mass is 10.1. The zero-order valence-electron chi connectivity index (χ0n) is 10.1.